The van der Waals surface area contributed by atoms with Crippen molar-refractivity contribution in [3.63, 3.8) is 0 Å². The molecule has 0 spiro atoms. The lowest BCUT2D eigenvalue weighted by molar-refractivity contribution is -0.216. The Balaban J connectivity index is 2.52. The van der Waals surface area contributed by atoms with Crippen molar-refractivity contribution in [3.05, 3.63) is 35.9 Å². The Morgan fingerprint density at radius 3 is 2.82 bits per heavy atom. The smallest absolute Gasteiger partial charge is 0.293 e. The zero-order valence-corrected chi connectivity index (χ0v) is 5.61. The third-order valence-corrected chi connectivity index (χ3v) is 1.13. The molecule has 0 atom stereocenters. The highest BCUT2D eigenvalue weighted by Gasteiger charge is 2.04. The molecule has 58 valence electrons. The van der Waals surface area contributed by atoms with Crippen LogP contribution >= 0.6 is 0 Å². The molecule has 1 aromatic rings. The van der Waals surface area contributed by atoms with E-state index in [1.54, 1.807) is 18.2 Å². The zero-order chi connectivity index (χ0) is 10.6. The van der Waals surface area contributed by atoms with Gasteiger partial charge in [-0.3, -0.25) is 4.89 Å². The Morgan fingerprint density at radius 2 is 2.18 bits per heavy atom. The molecule has 0 aliphatic carbocycles. The fourth-order valence-electron chi connectivity index (χ4n) is 0.660. The number of hydrogen-bond donors (Lipinski definition) is 0. The van der Waals surface area contributed by atoms with Crippen molar-refractivity contribution in [1.82, 2.24) is 0 Å². The molecule has 0 aromatic heterocycles. The molecule has 3 nitrogen and oxygen atoms in total. The number of carbonyl (C=O) groups is 1. The SMILES string of the molecule is [2H]C([2H])([2H])OOC(=O)c1ccccc1. The molecule has 0 aliphatic rings. The summed E-state index contributed by atoms with van der Waals surface area (Å²) in [5.41, 5.74) is 0.233. The van der Waals surface area contributed by atoms with Crippen LogP contribution in [-0.2, 0) is 9.78 Å². The average Bonchev–Trinajstić information content (AvgIpc) is 2.14. The second-order valence-corrected chi connectivity index (χ2v) is 1.82. The first-order valence-electron chi connectivity index (χ1n) is 4.44. The van der Waals surface area contributed by atoms with Gasteiger partial charge in [-0.1, -0.05) is 18.2 Å². The van der Waals surface area contributed by atoms with Gasteiger partial charge in [0, 0.05) is 0 Å². The van der Waals surface area contributed by atoms with E-state index in [1.165, 1.54) is 12.1 Å². The predicted molar refractivity (Wildman–Crippen MR) is 38.9 cm³/mol. The first-order chi connectivity index (χ1) is 6.49. The van der Waals surface area contributed by atoms with E-state index in [1.807, 2.05) is 0 Å². The van der Waals surface area contributed by atoms with Crippen LogP contribution in [0.2, 0.25) is 0 Å². The summed E-state index contributed by atoms with van der Waals surface area (Å²) in [6.07, 6.45) is 0. The summed E-state index contributed by atoms with van der Waals surface area (Å²) in [5.74, 6) is -0.832. The minimum Gasteiger partial charge on any atom is -0.293 e. The first-order valence-corrected chi connectivity index (χ1v) is 2.94. The van der Waals surface area contributed by atoms with Crippen LogP contribution in [0.4, 0.5) is 0 Å². The number of benzene rings is 1. The lowest BCUT2D eigenvalue weighted by Gasteiger charge is -1.97. The van der Waals surface area contributed by atoms with Gasteiger partial charge in [-0.15, -0.1) is 0 Å². The molecule has 3 heteroatoms. The van der Waals surface area contributed by atoms with E-state index in [4.69, 9.17) is 4.11 Å². The number of rotatable bonds is 2. The third kappa shape index (κ3) is 2.05. The largest absolute Gasteiger partial charge is 0.373 e. The molecule has 0 unspecified atom stereocenters. The summed E-state index contributed by atoms with van der Waals surface area (Å²) in [5, 5.41) is 0. The Labute approximate surface area is 68.7 Å². The van der Waals surface area contributed by atoms with Crippen molar-refractivity contribution < 1.29 is 18.7 Å². The Morgan fingerprint density at radius 1 is 1.45 bits per heavy atom. The van der Waals surface area contributed by atoms with E-state index in [0.29, 0.717) is 0 Å². The van der Waals surface area contributed by atoms with Gasteiger partial charge in [0.05, 0.1) is 16.7 Å². The van der Waals surface area contributed by atoms with Crippen molar-refractivity contribution in [1.29, 1.82) is 0 Å². The monoisotopic (exact) mass is 155 g/mol. The van der Waals surface area contributed by atoms with E-state index in [0.717, 1.165) is 0 Å². The predicted octanol–water partition coefficient (Wildman–Crippen LogP) is 1.40. The molecule has 0 aliphatic heterocycles. The molecule has 0 bridgehead atoms. The van der Waals surface area contributed by atoms with Crippen LogP contribution < -0.4 is 0 Å². The van der Waals surface area contributed by atoms with Gasteiger partial charge in [0.1, 0.15) is 0 Å². The Hall–Kier alpha value is -1.35. The fourth-order valence-corrected chi connectivity index (χ4v) is 0.660. The first kappa shape index (κ1) is 4.51. The van der Waals surface area contributed by atoms with E-state index in [9.17, 15) is 4.79 Å². The molecule has 0 radical (unpaired) electrons. The Kier molecular flexibility index (Phi) is 1.53. The van der Waals surface area contributed by atoms with Crippen LogP contribution in [0.1, 0.15) is 14.5 Å². The summed E-state index contributed by atoms with van der Waals surface area (Å²) in [6.45, 7) is 0. The topological polar surface area (TPSA) is 35.5 Å². The van der Waals surface area contributed by atoms with Crippen molar-refractivity contribution >= 4 is 5.97 Å². The summed E-state index contributed by atoms with van der Waals surface area (Å²) < 4.78 is 19.9. The minimum atomic E-state index is -2.73. The Bertz CT molecular complexity index is 307. The molecule has 1 aromatic carbocycles. The van der Waals surface area contributed by atoms with Crippen LogP contribution in [0.25, 0.3) is 0 Å². The summed E-state index contributed by atoms with van der Waals surface area (Å²) in [6, 6.07) is 7.97. The maximum atomic E-state index is 11.1. The van der Waals surface area contributed by atoms with E-state index in [2.05, 4.69) is 9.78 Å². The highest BCUT2D eigenvalue weighted by Crippen LogP contribution is 2.00. The van der Waals surface area contributed by atoms with Gasteiger partial charge in [0.2, 0.25) is 0 Å². The lowest BCUT2D eigenvalue weighted by atomic mass is 10.2. The number of carbonyl (C=O) groups excluding carboxylic acids is 1. The van der Waals surface area contributed by atoms with Gasteiger partial charge in [0.15, 0.2) is 0 Å². The molecule has 0 heterocycles. The minimum absolute atomic E-state index is 0.233. The molecule has 0 fully saturated rings. The van der Waals surface area contributed by atoms with Crippen LogP contribution in [0.15, 0.2) is 30.3 Å². The second-order valence-electron chi connectivity index (χ2n) is 1.82. The summed E-state index contributed by atoms with van der Waals surface area (Å²) >= 11 is 0. The van der Waals surface area contributed by atoms with Gasteiger partial charge in [-0.2, -0.15) is 4.89 Å². The molecular weight excluding hydrogens is 144 g/mol. The molecule has 0 N–H and O–H groups in total. The molecule has 11 heavy (non-hydrogen) atoms. The zero-order valence-electron chi connectivity index (χ0n) is 8.61. The normalized spacial score (nSPS) is 14.4. The third-order valence-electron chi connectivity index (χ3n) is 1.13. The maximum Gasteiger partial charge on any atom is 0.373 e. The highest BCUT2D eigenvalue weighted by atomic mass is 17.2. The standard InChI is InChI=1S/C8H8O3/c1-10-11-8(9)7-5-3-2-4-6-7/h2-6H,1H3/i1D3. The molecule has 0 saturated heterocycles. The summed E-state index contributed by atoms with van der Waals surface area (Å²) in [4.78, 5) is 19.1. The van der Waals surface area contributed by atoms with Crippen molar-refractivity contribution in [2.45, 2.75) is 0 Å². The van der Waals surface area contributed by atoms with Gasteiger partial charge < -0.3 is 0 Å². The van der Waals surface area contributed by atoms with Gasteiger partial charge >= 0.3 is 5.97 Å². The highest BCUT2D eigenvalue weighted by molar-refractivity contribution is 5.88. The van der Waals surface area contributed by atoms with E-state index >= 15 is 0 Å². The van der Waals surface area contributed by atoms with Gasteiger partial charge in [-0.05, 0) is 12.1 Å². The quantitative estimate of drug-likeness (QED) is 0.478. The van der Waals surface area contributed by atoms with Crippen LogP contribution in [-0.4, -0.2) is 13.0 Å². The lowest BCUT2D eigenvalue weighted by Crippen LogP contribution is -2.02. The molecule has 0 amide bonds. The van der Waals surface area contributed by atoms with Crippen molar-refractivity contribution in [3.8, 4) is 0 Å². The van der Waals surface area contributed by atoms with E-state index < -0.39 is 13.0 Å². The van der Waals surface area contributed by atoms with Crippen molar-refractivity contribution in [2.24, 2.45) is 0 Å². The summed E-state index contributed by atoms with van der Waals surface area (Å²) in [7, 11) is -2.73. The molecular formula is C8H8O3. The molecule has 1 rings (SSSR count). The van der Waals surface area contributed by atoms with Crippen LogP contribution in [0.3, 0.4) is 0 Å². The van der Waals surface area contributed by atoms with Crippen LogP contribution in [0.5, 0.6) is 0 Å². The van der Waals surface area contributed by atoms with Crippen molar-refractivity contribution in [2.75, 3.05) is 7.04 Å². The number of hydrogen-bond acceptors (Lipinski definition) is 3. The fraction of sp³-hybridized carbons (Fsp3) is 0.125. The van der Waals surface area contributed by atoms with Crippen LogP contribution in [0, 0.1) is 0 Å². The second kappa shape index (κ2) is 3.73. The van der Waals surface area contributed by atoms with Gasteiger partial charge in [0.25, 0.3) is 0 Å². The van der Waals surface area contributed by atoms with E-state index in [-0.39, 0.29) is 5.56 Å². The molecule has 0 saturated carbocycles. The van der Waals surface area contributed by atoms with Gasteiger partial charge in [-0.25, -0.2) is 4.79 Å². The average molecular weight is 155 g/mol. The maximum absolute atomic E-state index is 11.1.